The van der Waals surface area contributed by atoms with Gasteiger partial charge in [-0.05, 0) is 82.2 Å². The molecule has 3 aliphatic rings. The average Bonchev–Trinajstić information content (AvgIpc) is 2.83. The summed E-state index contributed by atoms with van der Waals surface area (Å²) in [7, 11) is 0. The number of anilines is 1. The van der Waals surface area contributed by atoms with Crippen LogP contribution in [-0.2, 0) is 4.74 Å². The van der Waals surface area contributed by atoms with Gasteiger partial charge in [0.25, 0.3) is 0 Å². The molecule has 5 heteroatoms. The molecule has 1 saturated carbocycles. The molecule has 2 N–H and O–H groups in total. The number of rotatable bonds is 3. The van der Waals surface area contributed by atoms with Gasteiger partial charge in [0.15, 0.2) is 0 Å². The number of carbonyl (C=O) groups excluding carboxylic acids is 1. The van der Waals surface area contributed by atoms with E-state index in [9.17, 15) is 4.79 Å². The molecule has 1 amide bonds. The van der Waals surface area contributed by atoms with Gasteiger partial charge in [-0.1, -0.05) is 25.1 Å². The summed E-state index contributed by atoms with van der Waals surface area (Å²) < 4.78 is 5.68. The third kappa shape index (κ3) is 4.56. The van der Waals surface area contributed by atoms with Gasteiger partial charge in [-0.25, -0.2) is 4.79 Å². The summed E-state index contributed by atoms with van der Waals surface area (Å²) in [5.41, 5.74) is 5.42. The summed E-state index contributed by atoms with van der Waals surface area (Å²) >= 11 is 0. The predicted octanol–water partition coefficient (Wildman–Crippen LogP) is 5.53. The lowest BCUT2D eigenvalue weighted by Crippen LogP contribution is -2.54. The average molecular weight is 410 g/mol. The first-order valence-corrected chi connectivity index (χ1v) is 11.3. The van der Waals surface area contributed by atoms with Crippen LogP contribution >= 0.6 is 0 Å². The lowest BCUT2D eigenvalue weighted by atomic mass is 9.80. The van der Waals surface area contributed by atoms with Crippen molar-refractivity contribution in [1.29, 1.82) is 0 Å². The Bertz CT molecular complexity index is 831. The van der Waals surface area contributed by atoms with Crippen LogP contribution in [0, 0.1) is 0 Å². The summed E-state index contributed by atoms with van der Waals surface area (Å²) in [5.74, 6) is 0.744. The summed E-state index contributed by atoms with van der Waals surface area (Å²) in [6.45, 7) is 11.6. The van der Waals surface area contributed by atoms with Crippen molar-refractivity contribution in [1.82, 2.24) is 10.2 Å². The minimum Gasteiger partial charge on any atom is -0.444 e. The summed E-state index contributed by atoms with van der Waals surface area (Å²) in [4.78, 5) is 14.7. The molecule has 5 nitrogen and oxygen atoms in total. The second kappa shape index (κ2) is 8.46. The zero-order valence-corrected chi connectivity index (χ0v) is 18.6. The molecule has 0 aromatic heterocycles. The third-order valence-electron chi connectivity index (χ3n) is 6.30. The molecule has 0 spiro atoms. The minimum absolute atomic E-state index is 0.194. The molecule has 162 valence electrons. The topological polar surface area (TPSA) is 53.6 Å². The van der Waals surface area contributed by atoms with E-state index in [1.54, 1.807) is 0 Å². The number of hydrogen-bond donors (Lipinski definition) is 2. The number of benzene rings is 1. The van der Waals surface area contributed by atoms with Crippen LogP contribution in [0.4, 0.5) is 10.5 Å². The highest BCUT2D eigenvalue weighted by atomic mass is 16.6. The van der Waals surface area contributed by atoms with E-state index >= 15 is 0 Å². The number of fused-ring (bicyclic) bond motifs is 1. The Morgan fingerprint density at radius 1 is 1.17 bits per heavy atom. The van der Waals surface area contributed by atoms with Gasteiger partial charge in [-0.3, -0.25) is 10.2 Å². The van der Waals surface area contributed by atoms with Crippen LogP contribution in [0.5, 0.6) is 0 Å². The van der Waals surface area contributed by atoms with Crippen molar-refractivity contribution >= 4 is 11.8 Å². The molecule has 0 bridgehead atoms. The fourth-order valence-corrected chi connectivity index (χ4v) is 4.51. The molecule has 2 aliphatic heterocycles. The second-order valence-electron chi connectivity index (χ2n) is 9.75. The molecular weight excluding hydrogens is 374 g/mol. The van der Waals surface area contributed by atoms with Crippen LogP contribution in [0.3, 0.4) is 0 Å². The third-order valence-corrected chi connectivity index (χ3v) is 6.30. The van der Waals surface area contributed by atoms with Gasteiger partial charge >= 0.3 is 6.09 Å². The molecule has 2 heterocycles. The van der Waals surface area contributed by atoms with Gasteiger partial charge in [0, 0.05) is 29.9 Å². The zero-order valence-electron chi connectivity index (χ0n) is 18.6. The van der Waals surface area contributed by atoms with Gasteiger partial charge in [0.05, 0.1) is 0 Å². The monoisotopic (exact) mass is 409 g/mol. The fraction of sp³-hybridized carbons (Fsp3) is 0.560. The highest BCUT2D eigenvalue weighted by molar-refractivity contribution is 5.70. The molecular formula is C25H35N3O2. The molecule has 0 radical (unpaired) electrons. The summed E-state index contributed by atoms with van der Waals surface area (Å²) in [6, 6.07) is 8.88. The number of nitrogens with one attached hydrogen (secondary N) is 2. The Labute approximate surface area is 180 Å². The molecule has 2 fully saturated rings. The number of nitrogens with zero attached hydrogens (tertiary/aromatic N) is 1. The predicted molar refractivity (Wildman–Crippen MR) is 121 cm³/mol. The van der Waals surface area contributed by atoms with Crippen LogP contribution in [0.25, 0.3) is 0 Å². The van der Waals surface area contributed by atoms with E-state index in [0.29, 0.717) is 6.54 Å². The van der Waals surface area contributed by atoms with Gasteiger partial charge < -0.3 is 10.1 Å². The smallest absolute Gasteiger partial charge is 0.411 e. The first-order valence-electron chi connectivity index (χ1n) is 11.3. The zero-order chi connectivity index (χ0) is 21.3. The summed E-state index contributed by atoms with van der Waals surface area (Å²) in [5, 5.41) is 7.20. The maximum absolute atomic E-state index is 12.9. The quantitative estimate of drug-likeness (QED) is 0.689. The lowest BCUT2D eigenvalue weighted by Gasteiger charge is -2.39. The van der Waals surface area contributed by atoms with Crippen LogP contribution in [0.2, 0.25) is 0 Å². The second-order valence-corrected chi connectivity index (χ2v) is 9.75. The van der Waals surface area contributed by atoms with E-state index < -0.39 is 5.60 Å². The molecule has 1 saturated heterocycles. The van der Waals surface area contributed by atoms with Crippen molar-refractivity contribution in [2.24, 2.45) is 0 Å². The van der Waals surface area contributed by atoms with E-state index in [4.69, 9.17) is 4.74 Å². The maximum atomic E-state index is 12.9. The SMILES string of the molecule is C=C1CCCNC2C1=C(Nc1ccc(C3CCC3)cc1)CCN2C(=O)OC(C)(C)C. The van der Waals surface area contributed by atoms with Crippen molar-refractivity contribution in [3.8, 4) is 0 Å². The molecule has 1 aromatic carbocycles. The van der Waals surface area contributed by atoms with Gasteiger partial charge in [0.2, 0.25) is 0 Å². The molecule has 1 aromatic rings. The molecule has 1 aliphatic carbocycles. The van der Waals surface area contributed by atoms with Crippen LogP contribution in [-0.4, -0.2) is 35.8 Å². The highest BCUT2D eigenvalue weighted by Gasteiger charge is 2.37. The number of amides is 1. The fourth-order valence-electron chi connectivity index (χ4n) is 4.51. The Morgan fingerprint density at radius 3 is 2.53 bits per heavy atom. The van der Waals surface area contributed by atoms with Gasteiger partial charge in [-0.2, -0.15) is 0 Å². The van der Waals surface area contributed by atoms with Crippen LogP contribution in [0.15, 0.2) is 47.7 Å². The van der Waals surface area contributed by atoms with Crippen molar-refractivity contribution < 1.29 is 9.53 Å². The Kier molecular flexibility index (Phi) is 5.92. The van der Waals surface area contributed by atoms with Gasteiger partial charge in [0.1, 0.15) is 11.8 Å². The normalized spacial score (nSPS) is 22.8. The molecule has 1 atom stereocenters. The molecule has 30 heavy (non-hydrogen) atoms. The van der Waals surface area contributed by atoms with Crippen molar-refractivity contribution in [3.63, 3.8) is 0 Å². The number of hydrogen-bond acceptors (Lipinski definition) is 4. The van der Waals surface area contributed by atoms with Crippen LogP contribution < -0.4 is 10.6 Å². The molecule has 1 unspecified atom stereocenters. The minimum atomic E-state index is -0.511. The van der Waals surface area contributed by atoms with E-state index in [1.807, 2.05) is 25.7 Å². The van der Waals surface area contributed by atoms with E-state index in [-0.39, 0.29) is 12.3 Å². The van der Waals surface area contributed by atoms with Crippen LogP contribution in [0.1, 0.15) is 70.8 Å². The first-order chi connectivity index (χ1) is 14.3. The standard InChI is InChI=1S/C25H35N3O2/c1-17-7-6-15-26-23-22(17)21(14-16-28(23)24(29)30-25(2,3)4)27-20-12-10-19(11-13-20)18-8-5-9-18/h10-13,18,23,26-27H,1,5-9,14-16H2,2-4H3. The highest BCUT2D eigenvalue weighted by Crippen LogP contribution is 2.37. The number of carbonyl (C=O) groups is 1. The van der Waals surface area contributed by atoms with E-state index in [1.165, 1.54) is 24.8 Å². The number of ether oxygens (including phenoxy) is 1. The van der Waals surface area contributed by atoms with Crippen molar-refractivity contribution in [2.45, 2.75) is 77.0 Å². The first kappa shape index (κ1) is 21.0. The van der Waals surface area contributed by atoms with E-state index in [2.05, 4.69) is 41.5 Å². The molecule has 4 rings (SSSR count). The lowest BCUT2D eigenvalue weighted by molar-refractivity contribution is 0.0153. The van der Waals surface area contributed by atoms with Crippen molar-refractivity contribution in [2.75, 3.05) is 18.4 Å². The largest absolute Gasteiger partial charge is 0.444 e. The Morgan fingerprint density at radius 2 is 1.90 bits per heavy atom. The maximum Gasteiger partial charge on any atom is 0.411 e. The summed E-state index contributed by atoms with van der Waals surface area (Å²) in [6.07, 6.45) is 6.24. The Balaban J connectivity index is 1.57. The Hall–Kier alpha value is -2.27. The van der Waals surface area contributed by atoms with Gasteiger partial charge in [-0.15, -0.1) is 0 Å². The van der Waals surface area contributed by atoms with Crippen molar-refractivity contribution in [3.05, 3.63) is 53.3 Å². The van der Waals surface area contributed by atoms with E-state index in [0.717, 1.165) is 54.3 Å².